The molecule has 0 radical (unpaired) electrons. The van der Waals surface area contributed by atoms with Crippen LogP contribution in [-0.2, 0) is 25.9 Å². The molecule has 0 fully saturated rings. The fourth-order valence-electron chi connectivity index (χ4n) is 3.88. The molecule has 200 valence electrons. The van der Waals surface area contributed by atoms with E-state index >= 15 is 0 Å². The van der Waals surface area contributed by atoms with E-state index < -0.39 is 39.2 Å². The Morgan fingerprint density at radius 3 is 2.38 bits per heavy atom. The molecule has 0 aliphatic carbocycles. The lowest BCUT2D eigenvalue weighted by Gasteiger charge is -2.27. The number of carbonyl (C=O) groups excluding carboxylic acids is 3. The molecule has 3 rings (SSSR count). The molecule has 0 aromatic heterocycles. The zero-order valence-electron chi connectivity index (χ0n) is 21.3. The number of anilines is 1. The number of ether oxygens (including phenoxy) is 1. The van der Waals surface area contributed by atoms with Crippen molar-refractivity contribution < 1.29 is 27.5 Å². The first kappa shape index (κ1) is 28.9. The maximum Gasteiger partial charge on any atom is 0.408 e. The van der Waals surface area contributed by atoms with Crippen molar-refractivity contribution in [3.05, 3.63) is 57.6 Å². The number of benzene rings is 2. The summed E-state index contributed by atoms with van der Waals surface area (Å²) in [4.78, 5) is 40.2. The minimum atomic E-state index is -4.05. The van der Waals surface area contributed by atoms with Crippen LogP contribution in [0.15, 0.2) is 41.3 Å². The molecule has 37 heavy (non-hydrogen) atoms. The second-order valence-corrected chi connectivity index (χ2v) is 13.2. The molecule has 1 aliphatic rings. The molecular formula is C26H30Cl2N2O6S. The average molecular weight is 570 g/mol. The highest BCUT2D eigenvalue weighted by molar-refractivity contribution is 7.91. The molecule has 1 heterocycles. The minimum absolute atomic E-state index is 0.0548. The summed E-state index contributed by atoms with van der Waals surface area (Å²) in [5.41, 5.74) is 0.0562. The van der Waals surface area contributed by atoms with Crippen molar-refractivity contribution in [1.29, 1.82) is 0 Å². The highest BCUT2D eigenvalue weighted by Gasteiger charge is 2.39. The third-order valence-corrected chi connectivity index (χ3v) is 7.99. The molecule has 8 nitrogen and oxygen atoms in total. The number of ketones is 1. The molecule has 0 bridgehead atoms. The number of carbonyl (C=O) groups is 3. The first-order valence-electron chi connectivity index (χ1n) is 11.7. The van der Waals surface area contributed by atoms with Crippen molar-refractivity contribution >= 4 is 56.5 Å². The summed E-state index contributed by atoms with van der Waals surface area (Å²) in [6, 6.07) is 7.57. The number of hydrogen-bond donors (Lipinski definition) is 1. The largest absolute Gasteiger partial charge is 0.444 e. The van der Waals surface area contributed by atoms with E-state index in [4.69, 9.17) is 27.9 Å². The Hall–Kier alpha value is -2.62. The molecule has 0 spiro atoms. The topological polar surface area (TPSA) is 110 Å². The van der Waals surface area contributed by atoms with E-state index in [0.717, 1.165) is 0 Å². The van der Waals surface area contributed by atoms with E-state index in [-0.39, 0.29) is 45.8 Å². The van der Waals surface area contributed by atoms with E-state index in [1.165, 1.54) is 23.1 Å². The van der Waals surface area contributed by atoms with Gasteiger partial charge in [0, 0.05) is 12.0 Å². The zero-order chi connectivity index (χ0) is 27.7. The van der Waals surface area contributed by atoms with Crippen LogP contribution in [0, 0.1) is 5.92 Å². The maximum atomic E-state index is 13.8. The number of rotatable bonds is 6. The fourth-order valence-corrected chi connectivity index (χ4v) is 5.81. The molecule has 1 atom stereocenters. The lowest BCUT2D eigenvalue weighted by molar-refractivity contribution is -0.120. The molecule has 1 N–H and O–H groups in total. The van der Waals surface area contributed by atoms with E-state index in [0.29, 0.717) is 10.6 Å². The summed E-state index contributed by atoms with van der Waals surface area (Å²) >= 11 is 12.2. The minimum Gasteiger partial charge on any atom is -0.444 e. The normalized spacial score (nSPS) is 17.2. The average Bonchev–Trinajstić information content (AvgIpc) is 2.83. The second-order valence-electron chi connectivity index (χ2n) is 10.4. The number of alkyl carbamates (subject to hydrolysis) is 1. The quantitative estimate of drug-likeness (QED) is 0.465. The van der Waals surface area contributed by atoms with Gasteiger partial charge in [-0.1, -0.05) is 43.1 Å². The van der Waals surface area contributed by atoms with E-state index in [9.17, 15) is 22.8 Å². The van der Waals surface area contributed by atoms with Crippen molar-refractivity contribution in [2.45, 2.75) is 64.1 Å². The Labute approximate surface area is 227 Å². The Morgan fingerprint density at radius 2 is 1.78 bits per heavy atom. The second kappa shape index (κ2) is 11.0. The Kier molecular flexibility index (Phi) is 8.61. The smallest absolute Gasteiger partial charge is 0.408 e. The van der Waals surface area contributed by atoms with E-state index in [1.54, 1.807) is 39.0 Å². The number of halogens is 2. The lowest BCUT2D eigenvalue weighted by atomic mass is 10.0. The van der Waals surface area contributed by atoms with Gasteiger partial charge < -0.3 is 15.0 Å². The van der Waals surface area contributed by atoms with Crippen LogP contribution in [-0.4, -0.2) is 43.6 Å². The molecule has 0 saturated carbocycles. The van der Waals surface area contributed by atoms with Gasteiger partial charge in [-0.05, 0) is 62.6 Å². The molecule has 0 saturated heterocycles. The van der Waals surface area contributed by atoms with Crippen LogP contribution in [0.1, 0.15) is 57.0 Å². The Morgan fingerprint density at radius 1 is 1.11 bits per heavy atom. The summed E-state index contributed by atoms with van der Waals surface area (Å²) in [7, 11) is -4.05. The SMILES string of the molecule is CC(C)CC(=O)c1ccc2c(c1)N(Cc1ccc(Cl)c(Cl)c1)C(=O)[C@@H](NC(=O)OC(C)(C)C)CS2(=O)=O. The standard InChI is InChI=1S/C26H30Cl2N2O6S/c1-15(2)10-22(31)17-7-9-23-21(12-17)30(13-16-6-8-18(27)19(28)11-16)24(32)20(14-37(23,34)35)29-25(33)36-26(3,4)5/h6-9,11-12,15,20H,10,13-14H2,1-5H3,(H,29,33)/t20-/m0/s1. The van der Waals surface area contributed by atoms with E-state index in [2.05, 4.69) is 5.32 Å². The van der Waals surface area contributed by atoms with Gasteiger partial charge in [0.2, 0.25) is 0 Å². The summed E-state index contributed by atoms with van der Waals surface area (Å²) in [5.74, 6) is -1.43. The molecule has 2 aromatic carbocycles. The van der Waals surface area contributed by atoms with E-state index in [1.807, 2.05) is 13.8 Å². The third kappa shape index (κ3) is 7.24. The van der Waals surface area contributed by atoms with Gasteiger partial charge in [-0.3, -0.25) is 9.59 Å². The van der Waals surface area contributed by atoms with Gasteiger partial charge in [-0.2, -0.15) is 0 Å². The molecule has 2 amide bonds. The number of amides is 2. The first-order chi connectivity index (χ1) is 17.1. The van der Waals surface area contributed by atoms with Gasteiger partial charge in [0.1, 0.15) is 11.6 Å². The van der Waals surface area contributed by atoms with Crippen molar-refractivity contribution in [3.8, 4) is 0 Å². The monoisotopic (exact) mass is 568 g/mol. The van der Waals surface area contributed by atoms with Crippen LogP contribution in [0.4, 0.5) is 10.5 Å². The van der Waals surface area contributed by atoms with Crippen LogP contribution in [0.25, 0.3) is 0 Å². The fraction of sp³-hybridized carbons (Fsp3) is 0.423. The number of fused-ring (bicyclic) bond motifs is 1. The molecule has 2 aromatic rings. The number of Topliss-reactive ketones (excluding diaryl/α,β-unsaturated/α-hetero) is 1. The van der Waals surface area contributed by atoms with Crippen LogP contribution in [0.3, 0.4) is 0 Å². The van der Waals surface area contributed by atoms with Gasteiger partial charge in [0.15, 0.2) is 15.6 Å². The van der Waals surface area contributed by atoms with Crippen LogP contribution < -0.4 is 10.2 Å². The Balaban J connectivity index is 2.12. The van der Waals surface area contributed by atoms with Gasteiger partial charge >= 0.3 is 6.09 Å². The molecule has 0 unspecified atom stereocenters. The predicted octanol–water partition coefficient (Wildman–Crippen LogP) is 5.44. The number of sulfone groups is 1. The van der Waals surface area contributed by atoms with Gasteiger partial charge in [-0.15, -0.1) is 0 Å². The zero-order valence-corrected chi connectivity index (χ0v) is 23.6. The van der Waals surface area contributed by atoms with Crippen molar-refractivity contribution in [2.75, 3.05) is 10.7 Å². The lowest BCUT2D eigenvalue weighted by Crippen LogP contribution is -2.51. The third-order valence-electron chi connectivity index (χ3n) is 5.47. The Bertz CT molecular complexity index is 1340. The molecular weight excluding hydrogens is 539 g/mol. The van der Waals surface area contributed by atoms with Gasteiger partial charge in [-0.25, -0.2) is 13.2 Å². The summed E-state index contributed by atoms with van der Waals surface area (Å²) in [5, 5.41) is 2.99. The predicted molar refractivity (Wildman–Crippen MR) is 143 cm³/mol. The first-order valence-corrected chi connectivity index (χ1v) is 14.1. The van der Waals surface area contributed by atoms with Crippen LogP contribution >= 0.6 is 23.2 Å². The number of nitrogens with one attached hydrogen (secondary N) is 1. The highest BCUT2D eigenvalue weighted by atomic mass is 35.5. The molecule has 1 aliphatic heterocycles. The van der Waals surface area contributed by atoms with Crippen molar-refractivity contribution in [1.82, 2.24) is 5.32 Å². The highest BCUT2D eigenvalue weighted by Crippen LogP contribution is 2.34. The summed E-state index contributed by atoms with van der Waals surface area (Å²) in [6.45, 7) is 8.69. The van der Waals surface area contributed by atoms with Crippen molar-refractivity contribution in [2.24, 2.45) is 5.92 Å². The summed E-state index contributed by atoms with van der Waals surface area (Å²) in [6.07, 6.45) is -0.663. The van der Waals surface area contributed by atoms with Crippen LogP contribution in [0.2, 0.25) is 10.0 Å². The van der Waals surface area contributed by atoms with Crippen molar-refractivity contribution in [3.63, 3.8) is 0 Å². The number of hydrogen-bond acceptors (Lipinski definition) is 6. The van der Waals surface area contributed by atoms with Gasteiger partial charge in [0.05, 0.1) is 32.9 Å². The maximum absolute atomic E-state index is 13.8. The number of nitrogens with zero attached hydrogens (tertiary/aromatic N) is 1. The van der Waals surface area contributed by atoms with Gasteiger partial charge in [0.25, 0.3) is 5.91 Å². The molecule has 11 heteroatoms. The summed E-state index contributed by atoms with van der Waals surface area (Å²) < 4.78 is 32.0. The van der Waals surface area contributed by atoms with Crippen LogP contribution in [0.5, 0.6) is 0 Å².